The van der Waals surface area contributed by atoms with Crippen molar-refractivity contribution in [3.8, 4) is 0 Å². The lowest BCUT2D eigenvalue weighted by molar-refractivity contribution is -0.133. The van der Waals surface area contributed by atoms with Crippen LogP contribution < -0.4 is 5.32 Å². The van der Waals surface area contributed by atoms with Gasteiger partial charge in [-0.25, -0.2) is 4.39 Å². The van der Waals surface area contributed by atoms with Gasteiger partial charge in [0.25, 0.3) is 0 Å². The molecule has 1 heterocycles. The SMILES string of the molecule is CCC1NC(c2cccc(F)c2)N(C2CCCCC2)C1=O. The Labute approximate surface area is 125 Å². The van der Waals surface area contributed by atoms with Crippen LogP contribution >= 0.6 is 0 Å². The van der Waals surface area contributed by atoms with Crippen LogP contribution in [0.3, 0.4) is 0 Å². The van der Waals surface area contributed by atoms with Crippen LogP contribution in [0.2, 0.25) is 0 Å². The standard InChI is InChI=1S/C17H23FN2O/c1-2-15-17(21)20(14-9-4-3-5-10-14)16(19-15)12-7-6-8-13(18)11-12/h6-8,11,14-16,19H,2-5,9-10H2,1H3. The summed E-state index contributed by atoms with van der Waals surface area (Å²) in [5.74, 6) is -0.0658. The largest absolute Gasteiger partial charge is 0.319 e. The maximum absolute atomic E-state index is 13.5. The van der Waals surface area contributed by atoms with Crippen molar-refractivity contribution in [2.75, 3.05) is 0 Å². The van der Waals surface area contributed by atoms with E-state index < -0.39 is 0 Å². The van der Waals surface area contributed by atoms with E-state index in [9.17, 15) is 9.18 Å². The lowest BCUT2D eigenvalue weighted by Crippen LogP contribution is -2.41. The fourth-order valence-corrected chi connectivity index (χ4v) is 3.63. The second-order valence-electron chi connectivity index (χ2n) is 6.12. The van der Waals surface area contributed by atoms with E-state index in [4.69, 9.17) is 0 Å². The molecule has 3 rings (SSSR count). The summed E-state index contributed by atoms with van der Waals surface area (Å²) >= 11 is 0. The molecule has 2 aliphatic rings. The molecule has 114 valence electrons. The first-order valence-electron chi connectivity index (χ1n) is 8.04. The molecule has 2 unspecified atom stereocenters. The third-order valence-corrected chi connectivity index (χ3v) is 4.73. The van der Waals surface area contributed by atoms with E-state index >= 15 is 0 Å². The minimum absolute atomic E-state index is 0.139. The van der Waals surface area contributed by atoms with Crippen molar-refractivity contribution in [2.45, 2.75) is 63.7 Å². The van der Waals surface area contributed by atoms with Crippen LogP contribution in [0, 0.1) is 5.82 Å². The molecular weight excluding hydrogens is 267 g/mol. The number of hydrogen-bond donors (Lipinski definition) is 1. The Morgan fingerprint density at radius 1 is 1.29 bits per heavy atom. The Balaban J connectivity index is 1.90. The lowest BCUT2D eigenvalue weighted by atomic mass is 9.93. The highest BCUT2D eigenvalue weighted by Gasteiger charge is 2.42. The van der Waals surface area contributed by atoms with Crippen molar-refractivity contribution in [3.05, 3.63) is 35.6 Å². The van der Waals surface area contributed by atoms with Gasteiger partial charge in [0.2, 0.25) is 5.91 Å². The Bertz CT molecular complexity index is 513. The molecule has 1 amide bonds. The maximum Gasteiger partial charge on any atom is 0.241 e. The number of halogens is 1. The van der Waals surface area contributed by atoms with Crippen LogP contribution in [0.25, 0.3) is 0 Å². The van der Waals surface area contributed by atoms with Gasteiger partial charge in [0.1, 0.15) is 12.0 Å². The summed E-state index contributed by atoms with van der Waals surface area (Å²) in [4.78, 5) is 14.7. The van der Waals surface area contributed by atoms with Crippen molar-refractivity contribution >= 4 is 5.91 Å². The van der Waals surface area contributed by atoms with Gasteiger partial charge in [-0.15, -0.1) is 0 Å². The first-order valence-corrected chi connectivity index (χ1v) is 8.04. The second-order valence-corrected chi connectivity index (χ2v) is 6.12. The van der Waals surface area contributed by atoms with E-state index in [1.54, 1.807) is 12.1 Å². The Hall–Kier alpha value is -1.42. The molecule has 1 saturated carbocycles. The molecule has 0 radical (unpaired) electrons. The fraction of sp³-hybridized carbons (Fsp3) is 0.588. The van der Waals surface area contributed by atoms with Gasteiger partial charge in [-0.3, -0.25) is 10.1 Å². The molecule has 1 N–H and O–H groups in total. The summed E-state index contributed by atoms with van der Waals surface area (Å²) in [5, 5.41) is 3.39. The normalized spacial score (nSPS) is 27.3. The zero-order chi connectivity index (χ0) is 14.8. The van der Waals surface area contributed by atoms with Gasteiger partial charge >= 0.3 is 0 Å². The van der Waals surface area contributed by atoms with E-state index in [-0.39, 0.29) is 23.9 Å². The summed E-state index contributed by atoms with van der Waals surface area (Å²) in [6, 6.07) is 6.77. The molecule has 0 bridgehead atoms. The minimum Gasteiger partial charge on any atom is -0.319 e. The van der Waals surface area contributed by atoms with Crippen molar-refractivity contribution in [2.24, 2.45) is 0 Å². The highest BCUT2D eigenvalue weighted by atomic mass is 19.1. The van der Waals surface area contributed by atoms with Crippen LogP contribution in [0.1, 0.15) is 57.2 Å². The number of carbonyl (C=O) groups excluding carboxylic acids is 1. The topological polar surface area (TPSA) is 32.3 Å². The van der Waals surface area contributed by atoms with Crippen molar-refractivity contribution < 1.29 is 9.18 Å². The number of amides is 1. The summed E-state index contributed by atoms with van der Waals surface area (Å²) < 4.78 is 13.5. The van der Waals surface area contributed by atoms with E-state index in [0.29, 0.717) is 6.04 Å². The Morgan fingerprint density at radius 2 is 2.05 bits per heavy atom. The molecular formula is C17H23FN2O. The van der Waals surface area contributed by atoms with Gasteiger partial charge in [0.15, 0.2) is 0 Å². The first-order chi connectivity index (χ1) is 10.2. The fourth-order valence-electron chi connectivity index (χ4n) is 3.63. The van der Waals surface area contributed by atoms with E-state index in [1.807, 2.05) is 17.9 Å². The quantitative estimate of drug-likeness (QED) is 0.925. The van der Waals surface area contributed by atoms with Crippen molar-refractivity contribution in [1.29, 1.82) is 0 Å². The summed E-state index contributed by atoms with van der Waals surface area (Å²) in [7, 11) is 0. The summed E-state index contributed by atoms with van der Waals surface area (Å²) in [6.07, 6.45) is 6.34. The molecule has 0 spiro atoms. The number of carbonyl (C=O) groups is 1. The zero-order valence-electron chi connectivity index (χ0n) is 12.5. The van der Waals surface area contributed by atoms with E-state index in [2.05, 4.69) is 5.32 Å². The Kier molecular flexibility index (Phi) is 4.24. The molecule has 0 aromatic heterocycles. The molecule has 21 heavy (non-hydrogen) atoms. The lowest BCUT2D eigenvalue weighted by Gasteiger charge is -2.35. The van der Waals surface area contributed by atoms with E-state index in [0.717, 1.165) is 24.8 Å². The second kappa shape index (κ2) is 6.14. The Morgan fingerprint density at radius 3 is 2.71 bits per heavy atom. The maximum atomic E-state index is 13.5. The van der Waals surface area contributed by atoms with Gasteiger partial charge in [-0.1, -0.05) is 38.3 Å². The average molecular weight is 290 g/mol. The molecule has 1 aliphatic carbocycles. The van der Waals surface area contributed by atoms with Gasteiger partial charge in [0, 0.05) is 6.04 Å². The van der Waals surface area contributed by atoms with Crippen LogP contribution in [0.5, 0.6) is 0 Å². The van der Waals surface area contributed by atoms with Crippen LogP contribution in [0.15, 0.2) is 24.3 Å². The number of nitrogens with zero attached hydrogens (tertiary/aromatic N) is 1. The molecule has 1 aromatic carbocycles. The minimum atomic E-state index is -0.245. The number of nitrogens with one attached hydrogen (secondary N) is 1. The molecule has 1 aliphatic heterocycles. The van der Waals surface area contributed by atoms with Crippen LogP contribution in [-0.4, -0.2) is 22.9 Å². The molecule has 3 nitrogen and oxygen atoms in total. The molecule has 1 saturated heterocycles. The molecule has 2 fully saturated rings. The van der Waals surface area contributed by atoms with Gasteiger partial charge < -0.3 is 4.90 Å². The van der Waals surface area contributed by atoms with Gasteiger partial charge in [-0.05, 0) is 37.0 Å². The third kappa shape index (κ3) is 2.82. The van der Waals surface area contributed by atoms with E-state index in [1.165, 1.54) is 25.3 Å². The summed E-state index contributed by atoms with van der Waals surface area (Å²) in [5.41, 5.74) is 0.852. The highest BCUT2D eigenvalue weighted by Crippen LogP contribution is 2.34. The van der Waals surface area contributed by atoms with Crippen LogP contribution in [-0.2, 0) is 4.79 Å². The average Bonchev–Trinajstić information content (AvgIpc) is 2.85. The monoisotopic (exact) mass is 290 g/mol. The number of benzene rings is 1. The molecule has 4 heteroatoms. The highest BCUT2D eigenvalue weighted by molar-refractivity contribution is 5.84. The summed E-state index contributed by atoms with van der Waals surface area (Å²) in [6.45, 7) is 2.02. The smallest absolute Gasteiger partial charge is 0.241 e. The predicted molar refractivity (Wildman–Crippen MR) is 80.1 cm³/mol. The number of hydrogen-bond acceptors (Lipinski definition) is 2. The predicted octanol–water partition coefficient (Wildman–Crippen LogP) is 3.37. The van der Waals surface area contributed by atoms with Gasteiger partial charge in [0.05, 0.1) is 6.04 Å². The molecule has 1 aromatic rings. The van der Waals surface area contributed by atoms with Crippen LogP contribution in [0.4, 0.5) is 4.39 Å². The molecule has 2 atom stereocenters. The van der Waals surface area contributed by atoms with Gasteiger partial charge in [-0.2, -0.15) is 0 Å². The third-order valence-electron chi connectivity index (χ3n) is 4.73. The zero-order valence-corrected chi connectivity index (χ0v) is 12.5. The van der Waals surface area contributed by atoms with Crippen molar-refractivity contribution in [1.82, 2.24) is 10.2 Å². The first kappa shape index (κ1) is 14.5. The van der Waals surface area contributed by atoms with Crippen molar-refractivity contribution in [3.63, 3.8) is 0 Å². The number of rotatable bonds is 3.